The summed E-state index contributed by atoms with van der Waals surface area (Å²) in [4.78, 5) is 0. The average molecular weight is 548 g/mol. The number of hydrogen-bond donors (Lipinski definition) is 0. The van der Waals surface area contributed by atoms with Crippen molar-refractivity contribution in [3.05, 3.63) is 29.8 Å². The highest BCUT2D eigenvalue weighted by molar-refractivity contribution is 5.32. The van der Waals surface area contributed by atoms with Gasteiger partial charge in [0, 0.05) is 7.11 Å². The van der Waals surface area contributed by atoms with Crippen LogP contribution in [0.1, 0.15) is 18.9 Å². The first-order valence-electron chi connectivity index (χ1n) is 8.84. The minimum Gasteiger partial charge on any atom is -0.497 e. The van der Waals surface area contributed by atoms with Crippen molar-refractivity contribution in [1.29, 1.82) is 0 Å². The Hall–Kier alpha value is -2.07. The summed E-state index contributed by atoms with van der Waals surface area (Å²) in [5.74, 6) is -46.9. The molecule has 0 saturated carbocycles. The van der Waals surface area contributed by atoms with Gasteiger partial charge >= 0.3 is 41.7 Å². The van der Waals surface area contributed by atoms with Crippen molar-refractivity contribution in [2.45, 2.75) is 60.7 Å². The molecular weight excluding hydrogens is 533 g/mol. The van der Waals surface area contributed by atoms with Crippen molar-refractivity contribution in [3.63, 3.8) is 0 Å². The normalized spacial score (nSPS) is 16.7. The fourth-order valence-corrected chi connectivity index (χ4v) is 2.78. The van der Waals surface area contributed by atoms with E-state index in [1.807, 2.05) is 0 Å². The summed E-state index contributed by atoms with van der Waals surface area (Å²) >= 11 is 0. The lowest BCUT2D eigenvalue weighted by molar-refractivity contribution is -0.453. The smallest absolute Gasteiger partial charge is 0.460 e. The van der Waals surface area contributed by atoms with Gasteiger partial charge in [-0.05, 0) is 24.6 Å². The van der Waals surface area contributed by atoms with Crippen LogP contribution in [0.5, 0.6) is 5.75 Å². The van der Waals surface area contributed by atoms with Gasteiger partial charge in [0.1, 0.15) is 5.75 Å². The zero-order valence-electron chi connectivity index (χ0n) is 17.5. The molecule has 1 rings (SSSR count). The zero-order valence-corrected chi connectivity index (χ0v) is 17.5. The minimum atomic E-state index is -8.33. The fraction of sp³-hybridized carbons (Fsp3) is 0.667. The van der Waals surface area contributed by atoms with Crippen LogP contribution >= 0.6 is 0 Å². The van der Waals surface area contributed by atoms with E-state index in [9.17, 15) is 65.9 Å². The maximum absolute atomic E-state index is 14.4. The number of methoxy groups -OCH3 is 2. The summed E-state index contributed by atoms with van der Waals surface area (Å²) in [6.45, 7) is 0.564. The van der Waals surface area contributed by atoms with Crippen LogP contribution in [0.25, 0.3) is 0 Å². The van der Waals surface area contributed by atoms with Gasteiger partial charge in [-0.2, -0.15) is 65.9 Å². The first kappa shape index (κ1) is 31.0. The van der Waals surface area contributed by atoms with E-state index in [2.05, 4.69) is 4.74 Å². The molecule has 204 valence electrons. The van der Waals surface area contributed by atoms with Crippen LogP contribution in [0, 0.1) is 0 Å². The molecule has 1 aromatic rings. The monoisotopic (exact) mass is 548 g/mol. The summed E-state index contributed by atoms with van der Waals surface area (Å²) in [5, 5.41) is 0. The van der Waals surface area contributed by atoms with Crippen LogP contribution in [0.3, 0.4) is 0 Å². The van der Waals surface area contributed by atoms with Gasteiger partial charge in [-0.15, -0.1) is 0 Å². The highest BCUT2D eigenvalue weighted by Gasteiger charge is 2.93. The Balaban J connectivity index is 3.60. The van der Waals surface area contributed by atoms with Crippen LogP contribution in [-0.2, 0) is 10.3 Å². The molecule has 2 nitrogen and oxygen atoms in total. The maximum atomic E-state index is 14.4. The highest BCUT2D eigenvalue weighted by atomic mass is 19.4. The number of halogens is 15. The van der Waals surface area contributed by atoms with Crippen LogP contribution in [0.2, 0.25) is 0 Å². The molecule has 0 N–H and O–H groups in total. The standard InChI is InChI=1S/C18H15F15O2/c1-11(35-3,9-5-4-6-10(7-9)34-2)8-12(19,20)13(21,22)14(23,24)15(25,26)16(27,28)17(29,30)18(31,32)33/h4-7H,8H2,1-3H3. The van der Waals surface area contributed by atoms with Crippen LogP contribution in [0.15, 0.2) is 24.3 Å². The van der Waals surface area contributed by atoms with E-state index >= 15 is 0 Å². The third-order valence-electron chi connectivity index (χ3n) is 5.08. The lowest BCUT2D eigenvalue weighted by atomic mass is 9.83. The number of rotatable bonds is 10. The molecule has 0 aliphatic heterocycles. The maximum Gasteiger partial charge on any atom is 0.460 e. The molecule has 0 amide bonds. The molecule has 0 radical (unpaired) electrons. The molecule has 1 unspecified atom stereocenters. The van der Waals surface area contributed by atoms with Crippen molar-refractivity contribution in [1.82, 2.24) is 0 Å². The van der Waals surface area contributed by atoms with E-state index < -0.39 is 59.3 Å². The number of hydrogen-bond acceptors (Lipinski definition) is 2. The van der Waals surface area contributed by atoms with Gasteiger partial charge < -0.3 is 9.47 Å². The molecule has 0 spiro atoms. The molecule has 17 heteroatoms. The minimum absolute atomic E-state index is 0.119. The van der Waals surface area contributed by atoms with Crippen molar-refractivity contribution < 1.29 is 75.3 Å². The topological polar surface area (TPSA) is 18.5 Å². The average Bonchev–Trinajstić information content (AvgIpc) is 2.71. The van der Waals surface area contributed by atoms with Gasteiger partial charge in [-0.25, -0.2) is 0 Å². The van der Waals surface area contributed by atoms with E-state index in [1.54, 1.807) is 0 Å². The molecular formula is C18H15F15O2. The third kappa shape index (κ3) is 4.59. The van der Waals surface area contributed by atoms with E-state index in [4.69, 9.17) is 4.74 Å². The third-order valence-corrected chi connectivity index (χ3v) is 5.08. The molecule has 1 aromatic carbocycles. The predicted molar refractivity (Wildman–Crippen MR) is 87.7 cm³/mol. The highest BCUT2D eigenvalue weighted by Crippen LogP contribution is 2.63. The first-order valence-corrected chi connectivity index (χ1v) is 8.84. The van der Waals surface area contributed by atoms with Gasteiger partial charge in [0.2, 0.25) is 0 Å². The summed E-state index contributed by atoms with van der Waals surface area (Å²) in [6.07, 6.45) is -10.3. The molecule has 0 aliphatic rings. The van der Waals surface area contributed by atoms with Crippen molar-refractivity contribution in [2.24, 2.45) is 0 Å². The van der Waals surface area contributed by atoms with Crippen LogP contribution < -0.4 is 4.74 Å². The molecule has 0 fully saturated rings. The Bertz CT molecular complexity index is 894. The van der Waals surface area contributed by atoms with Crippen LogP contribution in [-0.4, -0.2) is 55.9 Å². The number of benzene rings is 1. The summed E-state index contributed by atoms with van der Waals surface area (Å²) in [5.41, 5.74) is -3.25. The second-order valence-corrected chi connectivity index (χ2v) is 7.42. The van der Waals surface area contributed by atoms with Gasteiger partial charge in [0.05, 0.1) is 19.1 Å². The second-order valence-electron chi connectivity index (χ2n) is 7.42. The Morgan fingerprint density at radius 1 is 0.629 bits per heavy atom. The first-order chi connectivity index (χ1) is 15.3. The molecule has 1 atom stereocenters. The molecule has 0 saturated heterocycles. The summed E-state index contributed by atoms with van der Waals surface area (Å²) in [7, 11) is 1.64. The van der Waals surface area contributed by atoms with Gasteiger partial charge in [0.15, 0.2) is 0 Å². The molecule has 0 bridgehead atoms. The Kier molecular flexibility index (Phi) is 7.78. The van der Waals surface area contributed by atoms with Crippen molar-refractivity contribution in [3.8, 4) is 5.75 Å². The lowest BCUT2D eigenvalue weighted by Gasteiger charge is -2.43. The number of ether oxygens (including phenoxy) is 2. The Morgan fingerprint density at radius 3 is 1.46 bits per heavy atom. The van der Waals surface area contributed by atoms with E-state index in [1.165, 1.54) is 6.07 Å². The van der Waals surface area contributed by atoms with Gasteiger partial charge in [-0.1, -0.05) is 12.1 Å². The van der Waals surface area contributed by atoms with E-state index in [0.29, 0.717) is 14.0 Å². The van der Waals surface area contributed by atoms with E-state index in [0.717, 1.165) is 25.3 Å². The van der Waals surface area contributed by atoms with Crippen molar-refractivity contribution >= 4 is 0 Å². The van der Waals surface area contributed by atoms with Crippen LogP contribution in [0.4, 0.5) is 65.9 Å². The lowest BCUT2D eigenvalue weighted by Crippen LogP contribution is -2.72. The molecule has 35 heavy (non-hydrogen) atoms. The Labute approximate surface area is 187 Å². The fourth-order valence-electron chi connectivity index (χ4n) is 2.78. The second kappa shape index (κ2) is 8.80. The quantitative estimate of drug-likeness (QED) is 0.286. The zero-order chi connectivity index (χ0) is 28.1. The summed E-state index contributed by atoms with van der Waals surface area (Å²) < 4.78 is 210. The van der Waals surface area contributed by atoms with Gasteiger partial charge in [0.25, 0.3) is 0 Å². The van der Waals surface area contributed by atoms with Gasteiger partial charge in [-0.3, -0.25) is 0 Å². The van der Waals surface area contributed by atoms with Crippen molar-refractivity contribution in [2.75, 3.05) is 14.2 Å². The molecule has 0 heterocycles. The molecule has 0 aliphatic carbocycles. The largest absolute Gasteiger partial charge is 0.497 e. The summed E-state index contributed by atoms with van der Waals surface area (Å²) in [6, 6.07) is 4.04. The number of alkyl halides is 15. The predicted octanol–water partition coefficient (Wildman–Crippen LogP) is 7.32. The molecule has 0 aromatic heterocycles. The SMILES string of the molecule is COc1cccc(C(C)(CC(F)(F)C(F)(F)C(F)(F)C(F)(F)C(F)(F)C(F)(F)C(F)(F)F)OC)c1. The van der Waals surface area contributed by atoms with E-state index in [-0.39, 0.29) is 5.75 Å². The Morgan fingerprint density at radius 2 is 1.06 bits per heavy atom.